The van der Waals surface area contributed by atoms with Crippen molar-refractivity contribution in [2.75, 3.05) is 5.73 Å². The van der Waals surface area contributed by atoms with Gasteiger partial charge in [0.15, 0.2) is 0 Å². The molecule has 1 heterocycles. The molecular weight excluding hydrogens is 221 g/mol. The van der Waals surface area contributed by atoms with E-state index in [0.29, 0.717) is 23.0 Å². The Bertz CT molecular complexity index is 557. The summed E-state index contributed by atoms with van der Waals surface area (Å²) in [6.07, 6.45) is 1.31. The summed E-state index contributed by atoms with van der Waals surface area (Å²) in [6.45, 7) is 3.58. The van der Waals surface area contributed by atoms with Crippen LogP contribution in [0.15, 0.2) is 24.5 Å². The lowest BCUT2D eigenvalue weighted by Crippen LogP contribution is -1.99. The van der Waals surface area contributed by atoms with E-state index in [1.165, 1.54) is 18.5 Å². The molecule has 0 radical (unpaired) electrons. The minimum absolute atomic E-state index is 0.339. The van der Waals surface area contributed by atoms with E-state index < -0.39 is 0 Å². The zero-order chi connectivity index (χ0) is 12.4. The minimum atomic E-state index is -0.356. The highest BCUT2D eigenvalue weighted by molar-refractivity contribution is 5.45. The van der Waals surface area contributed by atoms with Crippen LogP contribution in [-0.4, -0.2) is 9.97 Å². The molecule has 2 rings (SSSR count). The summed E-state index contributed by atoms with van der Waals surface area (Å²) in [7, 11) is 0. The van der Waals surface area contributed by atoms with E-state index in [1.807, 2.05) is 6.92 Å². The van der Waals surface area contributed by atoms with Gasteiger partial charge < -0.3 is 10.5 Å². The molecule has 5 heteroatoms. The van der Waals surface area contributed by atoms with E-state index in [1.54, 1.807) is 13.0 Å². The molecule has 0 saturated heterocycles. The quantitative estimate of drug-likeness (QED) is 0.866. The Morgan fingerprint density at radius 3 is 2.76 bits per heavy atom. The monoisotopic (exact) mass is 233 g/mol. The maximum absolute atomic E-state index is 13.1. The first-order valence-corrected chi connectivity index (χ1v) is 5.09. The Labute approximate surface area is 98.3 Å². The van der Waals surface area contributed by atoms with Gasteiger partial charge in [-0.1, -0.05) is 6.07 Å². The second-order valence-electron chi connectivity index (χ2n) is 3.70. The van der Waals surface area contributed by atoms with Crippen LogP contribution in [0.25, 0.3) is 0 Å². The predicted molar refractivity (Wildman–Crippen MR) is 62.4 cm³/mol. The van der Waals surface area contributed by atoms with E-state index in [2.05, 4.69) is 9.97 Å². The number of nitrogens with two attached hydrogens (primary N) is 1. The SMILES string of the molecule is Cc1ccc(F)cc1Oc1ncnc(N)c1C. The summed E-state index contributed by atoms with van der Waals surface area (Å²) in [5.74, 6) is 0.756. The lowest BCUT2D eigenvalue weighted by Gasteiger charge is -2.10. The first kappa shape index (κ1) is 11.3. The first-order valence-electron chi connectivity index (χ1n) is 5.09. The Balaban J connectivity index is 2.38. The van der Waals surface area contributed by atoms with Gasteiger partial charge in [0.2, 0.25) is 5.88 Å². The summed E-state index contributed by atoms with van der Waals surface area (Å²) < 4.78 is 18.6. The van der Waals surface area contributed by atoms with Crippen LogP contribution < -0.4 is 10.5 Å². The van der Waals surface area contributed by atoms with E-state index >= 15 is 0 Å². The lowest BCUT2D eigenvalue weighted by atomic mass is 10.2. The van der Waals surface area contributed by atoms with E-state index in [-0.39, 0.29) is 5.82 Å². The highest BCUT2D eigenvalue weighted by Gasteiger charge is 2.09. The average molecular weight is 233 g/mol. The molecule has 0 aliphatic rings. The number of aromatic nitrogens is 2. The van der Waals surface area contributed by atoms with Crippen LogP contribution in [-0.2, 0) is 0 Å². The van der Waals surface area contributed by atoms with Gasteiger partial charge in [-0.15, -0.1) is 0 Å². The molecule has 1 aromatic carbocycles. The molecule has 0 unspecified atom stereocenters. The fourth-order valence-electron chi connectivity index (χ4n) is 1.34. The third kappa shape index (κ3) is 2.33. The molecular formula is C12H12FN3O. The normalized spacial score (nSPS) is 10.3. The van der Waals surface area contributed by atoms with Crippen LogP contribution in [0.5, 0.6) is 11.6 Å². The van der Waals surface area contributed by atoms with Crippen molar-refractivity contribution >= 4 is 5.82 Å². The average Bonchev–Trinajstić information content (AvgIpc) is 2.30. The van der Waals surface area contributed by atoms with Gasteiger partial charge in [-0.25, -0.2) is 14.4 Å². The van der Waals surface area contributed by atoms with Crippen molar-refractivity contribution in [3.8, 4) is 11.6 Å². The molecule has 88 valence electrons. The number of nitrogen functional groups attached to an aromatic ring is 1. The predicted octanol–water partition coefficient (Wildman–Crippen LogP) is 2.61. The van der Waals surface area contributed by atoms with Crippen LogP contribution in [0.4, 0.5) is 10.2 Å². The van der Waals surface area contributed by atoms with Gasteiger partial charge in [0, 0.05) is 6.07 Å². The van der Waals surface area contributed by atoms with Gasteiger partial charge in [-0.05, 0) is 25.5 Å². The van der Waals surface area contributed by atoms with Crippen LogP contribution >= 0.6 is 0 Å². The fraction of sp³-hybridized carbons (Fsp3) is 0.167. The Morgan fingerprint density at radius 2 is 2.00 bits per heavy atom. The molecule has 0 aliphatic heterocycles. The summed E-state index contributed by atoms with van der Waals surface area (Å²) in [5, 5.41) is 0. The second-order valence-corrected chi connectivity index (χ2v) is 3.70. The van der Waals surface area contributed by atoms with Gasteiger partial charge in [0.1, 0.15) is 23.7 Å². The molecule has 0 atom stereocenters. The number of benzene rings is 1. The van der Waals surface area contributed by atoms with Gasteiger partial charge in [0.25, 0.3) is 0 Å². The van der Waals surface area contributed by atoms with Crippen molar-refractivity contribution in [2.24, 2.45) is 0 Å². The van der Waals surface area contributed by atoms with Crippen molar-refractivity contribution in [1.82, 2.24) is 9.97 Å². The summed E-state index contributed by atoms with van der Waals surface area (Å²) >= 11 is 0. The number of aryl methyl sites for hydroxylation is 1. The van der Waals surface area contributed by atoms with E-state index in [9.17, 15) is 4.39 Å². The van der Waals surface area contributed by atoms with Gasteiger partial charge in [-0.2, -0.15) is 0 Å². The van der Waals surface area contributed by atoms with Crippen molar-refractivity contribution in [1.29, 1.82) is 0 Å². The Kier molecular flexibility index (Phi) is 2.91. The summed E-state index contributed by atoms with van der Waals surface area (Å²) in [4.78, 5) is 7.80. The number of rotatable bonds is 2. The summed E-state index contributed by atoms with van der Waals surface area (Å²) in [6, 6.07) is 4.33. The Morgan fingerprint density at radius 1 is 1.24 bits per heavy atom. The molecule has 0 spiro atoms. The zero-order valence-corrected chi connectivity index (χ0v) is 9.57. The van der Waals surface area contributed by atoms with Crippen molar-refractivity contribution in [3.63, 3.8) is 0 Å². The smallest absolute Gasteiger partial charge is 0.227 e. The summed E-state index contributed by atoms with van der Waals surface area (Å²) in [5.41, 5.74) is 7.09. The maximum Gasteiger partial charge on any atom is 0.227 e. The standard InChI is InChI=1S/C12H12FN3O/c1-7-3-4-9(13)5-10(7)17-12-8(2)11(14)15-6-16-12/h3-6H,1-2H3,(H2,14,15,16). The number of hydrogen-bond donors (Lipinski definition) is 1. The van der Waals surface area contributed by atoms with Crippen LogP contribution in [0, 0.1) is 19.7 Å². The Hall–Kier alpha value is -2.17. The van der Waals surface area contributed by atoms with E-state index in [0.717, 1.165) is 5.56 Å². The molecule has 0 fully saturated rings. The third-order valence-corrected chi connectivity index (χ3v) is 2.43. The second kappa shape index (κ2) is 4.37. The van der Waals surface area contributed by atoms with Crippen LogP contribution in [0.1, 0.15) is 11.1 Å². The highest BCUT2D eigenvalue weighted by atomic mass is 19.1. The van der Waals surface area contributed by atoms with Gasteiger partial charge >= 0.3 is 0 Å². The molecule has 4 nitrogen and oxygen atoms in total. The van der Waals surface area contributed by atoms with E-state index in [4.69, 9.17) is 10.5 Å². The number of hydrogen-bond acceptors (Lipinski definition) is 4. The van der Waals surface area contributed by atoms with Gasteiger partial charge in [0.05, 0.1) is 5.56 Å². The van der Waals surface area contributed by atoms with Crippen LogP contribution in [0.3, 0.4) is 0 Å². The molecule has 17 heavy (non-hydrogen) atoms. The fourth-order valence-corrected chi connectivity index (χ4v) is 1.34. The third-order valence-electron chi connectivity index (χ3n) is 2.43. The van der Waals surface area contributed by atoms with Crippen molar-refractivity contribution in [3.05, 3.63) is 41.5 Å². The maximum atomic E-state index is 13.1. The van der Waals surface area contributed by atoms with Crippen LogP contribution in [0.2, 0.25) is 0 Å². The largest absolute Gasteiger partial charge is 0.438 e. The molecule has 1 aromatic heterocycles. The minimum Gasteiger partial charge on any atom is -0.438 e. The highest BCUT2D eigenvalue weighted by Crippen LogP contribution is 2.27. The number of halogens is 1. The first-order chi connectivity index (χ1) is 8.08. The van der Waals surface area contributed by atoms with Crippen molar-refractivity contribution in [2.45, 2.75) is 13.8 Å². The molecule has 0 bridgehead atoms. The molecule has 0 saturated carbocycles. The number of anilines is 1. The number of ether oxygens (including phenoxy) is 1. The molecule has 2 N–H and O–H groups in total. The van der Waals surface area contributed by atoms with Crippen molar-refractivity contribution < 1.29 is 9.13 Å². The molecule has 2 aromatic rings. The molecule has 0 amide bonds. The molecule has 0 aliphatic carbocycles. The number of nitrogens with zero attached hydrogens (tertiary/aromatic N) is 2. The lowest BCUT2D eigenvalue weighted by molar-refractivity contribution is 0.450. The van der Waals surface area contributed by atoms with Gasteiger partial charge in [-0.3, -0.25) is 0 Å². The zero-order valence-electron chi connectivity index (χ0n) is 9.57. The topological polar surface area (TPSA) is 61.0 Å².